The first-order chi connectivity index (χ1) is 35.9. The summed E-state index contributed by atoms with van der Waals surface area (Å²) in [6.07, 6.45) is 1.90. The molecule has 2 heterocycles. The third kappa shape index (κ3) is 8.99. The predicted octanol–water partition coefficient (Wildman–Crippen LogP) is 17.6. The summed E-state index contributed by atoms with van der Waals surface area (Å²) < 4.78 is 2.21. The number of benzene rings is 10. The Morgan fingerprint density at radius 1 is 0.405 bits per heavy atom. The van der Waals surface area contributed by atoms with Gasteiger partial charge in [-0.05, 0) is 74.3 Å². The molecule has 0 unspecified atom stereocenters. The maximum absolute atomic E-state index is 12.7. The van der Waals surface area contributed by atoms with E-state index in [2.05, 4.69) is 219 Å². The zero-order valence-corrected chi connectivity index (χ0v) is 43.2. The molecule has 0 spiro atoms. The number of rotatable bonds is 11. The third-order valence-electron chi connectivity index (χ3n) is 14.2. The zero-order chi connectivity index (χ0) is 49.3. The Morgan fingerprint density at radius 2 is 0.919 bits per heavy atom. The van der Waals surface area contributed by atoms with E-state index in [1.54, 1.807) is 0 Å². The van der Waals surface area contributed by atoms with E-state index in [1.807, 2.05) is 66.9 Å². The van der Waals surface area contributed by atoms with Gasteiger partial charge in [-0.25, -0.2) is 4.98 Å². The van der Waals surface area contributed by atoms with Crippen molar-refractivity contribution in [3.63, 3.8) is 0 Å². The minimum Gasteiger partial charge on any atom is -0.507 e. The van der Waals surface area contributed by atoms with Crippen LogP contribution >= 0.6 is 0 Å². The minimum absolute atomic E-state index is 0. The van der Waals surface area contributed by atoms with Crippen LogP contribution in [0.5, 0.6) is 5.75 Å². The monoisotopic (exact) mass is 1130 g/mol. The molecule has 0 atom stereocenters. The molecule has 5 heteroatoms. The van der Waals surface area contributed by atoms with Gasteiger partial charge in [0, 0.05) is 49.5 Å². The SMILES string of the molecule is CC(C)(c1ccccc1)c1ccc(-c2ccnc(-c3[c-]c(-c4cccc5c4nc(-c4cccc(-c6ccccc6-c6ccccc6)c4O)n5-c4ccccc4-c4ccccc4)cc(-c4ccccc4)c3)c2)cc1.[Pt]. The van der Waals surface area contributed by atoms with Crippen LogP contribution in [0.1, 0.15) is 25.0 Å². The maximum atomic E-state index is 12.7. The number of para-hydroxylation sites is 3. The molecule has 2 aromatic heterocycles. The van der Waals surface area contributed by atoms with E-state index in [-0.39, 0.29) is 32.2 Å². The molecule has 10 aromatic carbocycles. The van der Waals surface area contributed by atoms with Crippen molar-refractivity contribution >= 4 is 11.0 Å². The number of fused-ring (bicyclic) bond motifs is 1. The van der Waals surface area contributed by atoms with Gasteiger partial charge in [-0.1, -0.05) is 249 Å². The van der Waals surface area contributed by atoms with E-state index in [0.717, 1.165) is 94.7 Å². The van der Waals surface area contributed by atoms with Crippen molar-refractivity contribution in [3.05, 3.63) is 278 Å². The second-order valence-corrected chi connectivity index (χ2v) is 19.0. The molecule has 358 valence electrons. The molecule has 12 aromatic rings. The Bertz CT molecular complexity index is 3930. The number of hydrogen-bond acceptors (Lipinski definition) is 3. The fraction of sp³-hybridized carbons (Fsp3) is 0.0435. The maximum Gasteiger partial charge on any atom is 0.148 e. The van der Waals surface area contributed by atoms with Crippen molar-refractivity contribution in [2.24, 2.45) is 0 Å². The summed E-state index contributed by atoms with van der Waals surface area (Å²) in [5.41, 5.74) is 19.3. The smallest absolute Gasteiger partial charge is 0.148 e. The van der Waals surface area contributed by atoms with E-state index in [0.29, 0.717) is 11.4 Å². The number of imidazole rings is 1. The van der Waals surface area contributed by atoms with Crippen LogP contribution < -0.4 is 0 Å². The number of phenols is 1. The summed E-state index contributed by atoms with van der Waals surface area (Å²) in [5, 5.41) is 12.7. The fourth-order valence-corrected chi connectivity index (χ4v) is 10.3. The van der Waals surface area contributed by atoms with Crippen LogP contribution in [0.4, 0.5) is 0 Å². The summed E-state index contributed by atoms with van der Waals surface area (Å²) >= 11 is 0. The van der Waals surface area contributed by atoms with Crippen molar-refractivity contribution in [2.75, 3.05) is 0 Å². The topological polar surface area (TPSA) is 50.9 Å². The number of hydrogen-bond donors (Lipinski definition) is 1. The summed E-state index contributed by atoms with van der Waals surface area (Å²) in [7, 11) is 0. The molecule has 0 aliphatic carbocycles. The van der Waals surface area contributed by atoms with Gasteiger partial charge >= 0.3 is 0 Å². The molecule has 4 nitrogen and oxygen atoms in total. The largest absolute Gasteiger partial charge is 0.507 e. The Morgan fingerprint density at radius 3 is 1.62 bits per heavy atom. The predicted molar refractivity (Wildman–Crippen MR) is 301 cm³/mol. The molecule has 0 amide bonds. The van der Waals surface area contributed by atoms with Crippen LogP contribution in [0.15, 0.2) is 261 Å². The number of aromatic hydroxyl groups is 1. The van der Waals surface area contributed by atoms with Crippen molar-refractivity contribution in [1.82, 2.24) is 14.5 Å². The van der Waals surface area contributed by atoms with Crippen LogP contribution in [0.2, 0.25) is 0 Å². The van der Waals surface area contributed by atoms with Crippen molar-refractivity contribution in [1.29, 1.82) is 0 Å². The van der Waals surface area contributed by atoms with Gasteiger partial charge < -0.3 is 5.11 Å². The molecule has 0 fully saturated rings. The van der Waals surface area contributed by atoms with Crippen molar-refractivity contribution in [3.8, 4) is 101 Å². The summed E-state index contributed by atoms with van der Waals surface area (Å²) in [5.74, 6) is 0.774. The van der Waals surface area contributed by atoms with Gasteiger partial charge in [0.2, 0.25) is 0 Å². The Balaban J connectivity index is 0.00000588. The first-order valence-electron chi connectivity index (χ1n) is 24.8. The number of nitrogens with zero attached hydrogens (tertiary/aromatic N) is 3. The zero-order valence-electron chi connectivity index (χ0n) is 40.9. The van der Waals surface area contributed by atoms with Gasteiger partial charge in [0.1, 0.15) is 11.6 Å². The average molecular weight is 1130 g/mol. The molecule has 0 bridgehead atoms. The molecule has 0 aliphatic heterocycles. The van der Waals surface area contributed by atoms with Crippen LogP contribution in [0, 0.1) is 6.07 Å². The summed E-state index contributed by atoms with van der Waals surface area (Å²) in [6.45, 7) is 4.55. The van der Waals surface area contributed by atoms with Crippen LogP contribution in [0.3, 0.4) is 0 Å². The van der Waals surface area contributed by atoms with E-state index in [1.165, 1.54) is 11.1 Å². The molecular weight excluding hydrogens is 1080 g/mol. The Kier molecular flexibility index (Phi) is 13.2. The van der Waals surface area contributed by atoms with Crippen LogP contribution in [-0.4, -0.2) is 19.6 Å². The van der Waals surface area contributed by atoms with E-state index >= 15 is 0 Å². The normalized spacial score (nSPS) is 11.3. The standard InChI is InChI=1S/C69H50N3O.Pt/c1-69(2,55-27-13-6-14-28-55)56-39-37-48(38-40-56)51-41-42-70-63(46-51)54-44-52(47-21-7-3-8-22-47)43-53(45-54)59-32-20-36-65-66(59)71-68(72(65)64-35-18-17-30-58(64)50-25-11-5-12-26-50)62-34-19-33-61(67(62)73)60-31-16-15-29-57(60)49-23-9-4-10-24-49;/h3-44,46,73H,1-2H3;/q-1;. The fourth-order valence-electron chi connectivity index (χ4n) is 10.3. The molecule has 12 rings (SSSR count). The number of phenolic OH excluding ortho intramolecular Hbond substituents is 1. The number of aromatic nitrogens is 3. The molecule has 74 heavy (non-hydrogen) atoms. The minimum atomic E-state index is -0.143. The first kappa shape index (κ1) is 47.6. The second-order valence-electron chi connectivity index (χ2n) is 19.0. The first-order valence-corrected chi connectivity index (χ1v) is 24.8. The van der Waals surface area contributed by atoms with Gasteiger partial charge in [-0.15, -0.1) is 23.8 Å². The molecule has 0 aliphatic rings. The van der Waals surface area contributed by atoms with Gasteiger partial charge in [0.05, 0.1) is 22.3 Å². The molecule has 0 saturated heterocycles. The quantitative estimate of drug-likeness (QED) is 0.131. The molecular formula is C69H50N3OPt-. The molecule has 1 N–H and O–H groups in total. The van der Waals surface area contributed by atoms with Crippen LogP contribution in [-0.2, 0) is 26.5 Å². The van der Waals surface area contributed by atoms with E-state index in [9.17, 15) is 5.11 Å². The van der Waals surface area contributed by atoms with Gasteiger partial charge in [-0.3, -0.25) is 9.55 Å². The molecule has 0 radical (unpaired) electrons. The van der Waals surface area contributed by atoms with E-state index in [4.69, 9.17) is 9.97 Å². The van der Waals surface area contributed by atoms with Crippen molar-refractivity contribution in [2.45, 2.75) is 19.3 Å². The molecule has 0 saturated carbocycles. The Hall–Kier alpha value is -8.69. The van der Waals surface area contributed by atoms with Crippen LogP contribution in [0.25, 0.3) is 106 Å². The third-order valence-corrected chi connectivity index (χ3v) is 14.2. The second kappa shape index (κ2) is 20.4. The Labute approximate surface area is 447 Å². The van der Waals surface area contributed by atoms with Gasteiger partial charge in [0.25, 0.3) is 0 Å². The van der Waals surface area contributed by atoms with Gasteiger partial charge in [0.15, 0.2) is 0 Å². The van der Waals surface area contributed by atoms with E-state index < -0.39 is 0 Å². The van der Waals surface area contributed by atoms with Gasteiger partial charge in [-0.2, -0.15) is 0 Å². The van der Waals surface area contributed by atoms with Crippen molar-refractivity contribution < 1.29 is 26.2 Å². The summed E-state index contributed by atoms with van der Waals surface area (Å²) in [6, 6.07) is 92.4. The summed E-state index contributed by atoms with van der Waals surface area (Å²) in [4.78, 5) is 10.6. The number of pyridine rings is 1. The average Bonchev–Trinajstić information content (AvgIpc) is 3.86.